The fourth-order valence-corrected chi connectivity index (χ4v) is 2.92. The molecule has 0 radical (unpaired) electrons. The van der Waals surface area contributed by atoms with Crippen molar-refractivity contribution in [3.8, 4) is 0 Å². The smallest absolute Gasteiger partial charge is 0.336 e. The first-order chi connectivity index (χ1) is 10.1. The Bertz CT molecular complexity index is 841. The molecule has 2 N–H and O–H groups in total. The van der Waals surface area contributed by atoms with E-state index in [0.29, 0.717) is 17.0 Å². The minimum atomic E-state index is -0.325. The molecule has 0 spiro atoms. The lowest BCUT2D eigenvalue weighted by atomic mass is 10.1. The molecule has 0 fully saturated rings. The van der Waals surface area contributed by atoms with Crippen molar-refractivity contribution in [1.82, 2.24) is 4.98 Å². The van der Waals surface area contributed by atoms with Gasteiger partial charge < -0.3 is 10.2 Å². The third-order valence-corrected chi connectivity index (χ3v) is 4.11. The van der Waals surface area contributed by atoms with Gasteiger partial charge in [0.2, 0.25) is 0 Å². The van der Waals surface area contributed by atoms with Crippen LogP contribution in [0.3, 0.4) is 0 Å². The number of fused-ring (bicyclic) bond motifs is 1. The van der Waals surface area contributed by atoms with Gasteiger partial charge in [-0.2, -0.15) is 0 Å². The number of nitrogens with two attached hydrogens (primary N) is 1. The van der Waals surface area contributed by atoms with Crippen LogP contribution in [0.5, 0.6) is 0 Å². The van der Waals surface area contributed by atoms with Crippen molar-refractivity contribution >= 4 is 28.4 Å². The van der Waals surface area contributed by atoms with E-state index in [2.05, 4.69) is 4.98 Å². The summed E-state index contributed by atoms with van der Waals surface area (Å²) in [5, 5.41) is 1.83. The van der Waals surface area contributed by atoms with Gasteiger partial charge in [-0.1, -0.05) is 12.1 Å². The predicted molar refractivity (Wildman–Crippen MR) is 85.4 cm³/mol. The monoisotopic (exact) mass is 298 g/mol. The zero-order chi connectivity index (χ0) is 14.8. The largest absolute Gasteiger partial charge is 0.423 e. The second kappa shape index (κ2) is 5.61. The summed E-state index contributed by atoms with van der Waals surface area (Å²) < 4.78 is 5.25. The maximum absolute atomic E-state index is 11.7. The highest BCUT2D eigenvalue weighted by molar-refractivity contribution is 7.98. The molecule has 0 aliphatic rings. The van der Waals surface area contributed by atoms with Crippen LogP contribution >= 0.6 is 11.8 Å². The van der Waals surface area contributed by atoms with Gasteiger partial charge >= 0.3 is 5.63 Å². The van der Waals surface area contributed by atoms with E-state index in [1.54, 1.807) is 24.0 Å². The second-order valence-corrected chi connectivity index (χ2v) is 5.80. The first-order valence-corrected chi connectivity index (χ1v) is 7.48. The van der Waals surface area contributed by atoms with Crippen molar-refractivity contribution in [2.75, 3.05) is 5.73 Å². The van der Waals surface area contributed by atoms with Crippen LogP contribution in [0.1, 0.15) is 11.1 Å². The molecule has 3 aromatic rings. The molecule has 1 aromatic carbocycles. The van der Waals surface area contributed by atoms with E-state index in [-0.39, 0.29) is 5.63 Å². The van der Waals surface area contributed by atoms with Gasteiger partial charge in [0.15, 0.2) is 0 Å². The average Bonchev–Trinajstić information content (AvgIpc) is 2.45. The van der Waals surface area contributed by atoms with Gasteiger partial charge in [-0.25, -0.2) is 9.78 Å². The number of aromatic nitrogens is 1. The van der Waals surface area contributed by atoms with Crippen LogP contribution in [0, 0.1) is 6.92 Å². The molecule has 0 unspecified atom stereocenters. The summed E-state index contributed by atoms with van der Waals surface area (Å²) in [6.07, 6.45) is 1.63. The van der Waals surface area contributed by atoms with Gasteiger partial charge in [0.05, 0.1) is 16.9 Å². The predicted octanol–water partition coefficient (Wildman–Crippen LogP) is 3.37. The van der Waals surface area contributed by atoms with Crippen LogP contribution < -0.4 is 11.4 Å². The molecular weight excluding hydrogens is 284 g/mol. The van der Waals surface area contributed by atoms with Gasteiger partial charge in [-0.05, 0) is 36.2 Å². The van der Waals surface area contributed by atoms with Crippen LogP contribution in [0.2, 0.25) is 0 Å². The van der Waals surface area contributed by atoms with E-state index >= 15 is 0 Å². The lowest BCUT2D eigenvalue weighted by molar-refractivity contribution is 0.559. The first kappa shape index (κ1) is 13.7. The van der Waals surface area contributed by atoms with Gasteiger partial charge in [-0.15, -0.1) is 11.8 Å². The van der Waals surface area contributed by atoms with Crippen LogP contribution in [0.25, 0.3) is 11.0 Å². The Morgan fingerprint density at radius 1 is 1.24 bits per heavy atom. The van der Waals surface area contributed by atoms with E-state index < -0.39 is 0 Å². The zero-order valence-electron chi connectivity index (χ0n) is 11.5. The normalized spacial score (nSPS) is 10.9. The minimum Gasteiger partial charge on any atom is -0.423 e. The Kier molecular flexibility index (Phi) is 3.66. The van der Waals surface area contributed by atoms with E-state index in [4.69, 9.17) is 10.2 Å². The third-order valence-electron chi connectivity index (χ3n) is 3.12. The summed E-state index contributed by atoms with van der Waals surface area (Å²) >= 11 is 1.56. The number of nitrogens with zero attached hydrogens (tertiary/aromatic N) is 1. The van der Waals surface area contributed by atoms with Crippen LogP contribution in [-0.2, 0) is 5.75 Å². The summed E-state index contributed by atoms with van der Waals surface area (Å²) in [4.78, 5) is 15.9. The maximum atomic E-state index is 11.7. The standard InChI is InChI=1S/C16H14N2O2S/c1-10-2-4-13-11(7-16(19)20-14(13)6-10)9-21-15-5-3-12(17)8-18-15/h2-8H,9,17H2,1H3. The third kappa shape index (κ3) is 3.08. The Morgan fingerprint density at radius 2 is 2.10 bits per heavy atom. The lowest BCUT2D eigenvalue weighted by Crippen LogP contribution is -2.00. The molecule has 0 amide bonds. The molecule has 0 saturated heterocycles. The molecule has 5 heteroatoms. The highest BCUT2D eigenvalue weighted by Crippen LogP contribution is 2.26. The number of thioether (sulfide) groups is 1. The Labute approximate surface area is 126 Å². The Hall–Kier alpha value is -2.27. The number of nitrogen functional groups attached to an aromatic ring is 1. The Morgan fingerprint density at radius 3 is 2.86 bits per heavy atom. The summed E-state index contributed by atoms with van der Waals surface area (Å²) in [6.45, 7) is 1.97. The van der Waals surface area contributed by atoms with Crippen molar-refractivity contribution in [1.29, 1.82) is 0 Å². The summed E-state index contributed by atoms with van der Waals surface area (Å²) in [6, 6.07) is 11.1. The van der Waals surface area contributed by atoms with Crippen molar-refractivity contribution in [2.45, 2.75) is 17.7 Å². The topological polar surface area (TPSA) is 69.1 Å². The molecule has 0 bridgehead atoms. The van der Waals surface area contributed by atoms with Crippen LogP contribution in [0.15, 0.2) is 56.8 Å². The number of hydrogen-bond donors (Lipinski definition) is 1. The fourth-order valence-electron chi connectivity index (χ4n) is 2.09. The number of benzene rings is 1. The van der Waals surface area contributed by atoms with E-state index in [9.17, 15) is 4.79 Å². The molecule has 106 valence electrons. The second-order valence-electron chi connectivity index (χ2n) is 4.81. The molecule has 4 nitrogen and oxygen atoms in total. The number of pyridine rings is 1. The maximum Gasteiger partial charge on any atom is 0.336 e. The van der Waals surface area contributed by atoms with Crippen LogP contribution in [-0.4, -0.2) is 4.98 Å². The van der Waals surface area contributed by atoms with Gasteiger partial charge in [0.25, 0.3) is 0 Å². The quantitative estimate of drug-likeness (QED) is 0.593. The van der Waals surface area contributed by atoms with Gasteiger partial charge in [-0.3, -0.25) is 0 Å². The van der Waals surface area contributed by atoms with Crippen molar-refractivity contribution in [3.05, 3.63) is 64.1 Å². The number of anilines is 1. The zero-order valence-corrected chi connectivity index (χ0v) is 12.3. The number of rotatable bonds is 3. The highest BCUT2D eigenvalue weighted by Gasteiger charge is 2.07. The summed E-state index contributed by atoms with van der Waals surface area (Å²) in [7, 11) is 0. The average molecular weight is 298 g/mol. The van der Waals surface area contributed by atoms with E-state index in [0.717, 1.165) is 21.5 Å². The van der Waals surface area contributed by atoms with E-state index in [1.165, 1.54) is 0 Å². The SMILES string of the molecule is Cc1ccc2c(CSc3ccc(N)cn3)cc(=O)oc2c1. The Balaban J connectivity index is 1.93. The molecule has 2 heterocycles. The molecule has 0 saturated carbocycles. The van der Waals surface area contributed by atoms with Crippen molar-refractivity contribution < 1.29 is 4.42 Å². The number of hydrogen-bond acceptors (Lipinski definition) is 5. The molecule has 21 heavy (non-hydrogen) atoms. The molecular formula is C16H14N2O2S. The first-order valence-electron chi connectivity index (χ1n) is 6.49. The summed E-state index contributed by atoms with van der Waals surface area (Å²) in [5.41, 5.74) is 8.57. The summed E-state index contributed by atoms with van der Waals surface area (Å²) in [5.74, 6) is 0.655. The van der Waals surface area contributed by atoms with Gasteiger partial charge in [0.1, 0.15) is 5.58 Å². The highest BCUT2D eigenvalue weighted by atomic mass is 32.2. The van der Waals surface area contributed by atoms with E-state index in [1.807, 2.05) is 37.3 Å². The minimum absolute atomic E-state index is 0.325. The molecule has 3 rings (SSSR count). The molecule has 2 aromatic heterocycles. The fraction of sp³-hybridized carbons (Fsp3) is 0.125. The van der Waals surface area contributed by atoms with Crippen molar-refractivity contribution in [3.63, 3.8) is 0 Å². The molecule has 0 aliphatic heterocycles. The van der Waals surface area contributed by atoms with Crippen molar-refractivity contribution in [2.24, 2.45) is 0 Å². The van der Waals surface area contributed by atoms with Crippen LogP contribution in [0.4, 0.5) is 5.69 Å². The van der Waals surface area contributed by atoms with Gasteiger partial charge in [0, 0.05) is 17.2 Å². The number of aryl methyl sites for hydroxylation is 1. The molecule has 0 atom stereocenters. The lowest BCUT2D eigenvalue weighted by Gasteiger charge is -2.06. The molecule has 0 aliphatic carbocycles.